The number of nitrogens with zero attached hydrogens (tertiary/aromatic N) is 3. The fourth-order valence-electron chi connectivity index (χ4n) is 2.17. The largest absolute Gasteiger partial charge is 0.339 e. The lowest BCUT2D eigenvalue weighted by atomic mass is 10.2. The highest BCUT2D eigenvalue weighted by molar-refractivity contribution is 5.88. The monoisotopic (exact) mass is 334 g/mol. The first-order valence-corrected chi connectivity index (χ1v) is 7.76. The summed E-state index contributed by atoms with van der Waals surface area (Å²) >= 11 is 0. The minimum absolute atomic E-state index is 0.104. The molecule has 0 aliphatic heterocycles. The molecule has 25 heavy (non-hydrogen) atoms. The molecule has 0 atom stereocenters. The molecular weight excluding hydrogens is 316 g/mol. The molecule has 3 aromatic rings. The zero-order valence-corrected chi connectivity index (χ0v) is 13.9. The number of benzene rings is 2. The number of amides is 1. The Balaban J connectivity index is 1.68. The van der Waals surface area contributed by atoms with E-state index in [1.165, 1.54) is 12.5 Å². The van der Waals surface area contributed by atoms with Gasteiger partial charge in [-0.05, 0) is 43.3 Å². The van der Waals surface area contributed by atoms with Crippen LogP contribution in [0.3, 0.4) is 0 Å². The molecule has 0 aliphatic rings. The molecule has 0 fully saturated rings. The Hall–Kier alpha value is -3.48. The molecule has 3 rings (SSSR count). The number of anilines is 5. The molecule has 2 aromatic carbocycles. The van der Waals surface area contributed by atoms with Crippen molar-refractivity contribution < 1.29 is 4.79 Å². The van der Waals surface area contributed by atoms with Crippen molar-refractivity contribution in [3.63, 3.8) is 0 Å². The second-order valence-electron chi connectivity index (χ2n) is 5.54. The van der Waals surface area contributed by atoms with Gasteiger partial charge in [-0.3, -0.25) is 4.79 Å². The van der Waals surface area contributed by atoms with Crippen molar-refractivity contribution in [1.82, 2.24) is 15.2 Å². The summed E-state index contributed by atoms with van der Waals surface area (Å²) < 4.78 is 0. The number of carbonyl (C=O) groups excluding carboxylic acids is 1. The first-order valence-electron chi connectivity index (χ1n) is 7.76. The lowest BCUT2D eigenvalue weighted by Gasteiger charge is -2.09. The van der Waals surface area contributed by atoms with Gasteiger partial charge in [-0.1, -0.05) is 17.7 Å². The van der Waals surface area contributed by atoms with Crippen molar-refractivity contribution in [2.45, 2.75) is 13.8 Å². The molecule has 0 bridgehead atoms. The quantitative estimate of drug-likeness (QED) is 0.660. The molecule has 0 saturated carbocycles. The van der Waals surface area contributed by atoms with E-state index in [0.717, 1.165) is 17.1 Å². The minimum atomic E-state index is -0.104. The van der Waals surface area contributed by atoms with Crippen LogP contribution in [0.15, 0.2) is 54.7 Å². The van der Waals surface area contributed by atoms with E-state index in [0.29, 0.717) is 11.8 Å². The fraction of sp³-hybridized carbons (Fsp3) is 0.111. The molecule has 0 saturated heterocycles. The molecule has 1 heterocycles. The van der Waals surface area contributed by atoms with Gasteiger partial charge in [0.1, 0.15) is 0 Å². The Morgan fingerprint density at radius 1 is 0.880 bits per heavy atom. The first-order chi connectivity index (χ1) is 12.1. The van der Waals surface area contributed by atoms with Gasteiger partial charge in [0.15, 0.2) is 5.82 Å². The van der Waals surface area contributed by atoms with Crippen molar-refractivity contribution in [2.24, 2.45) is 0 Å². The Morgan fingerprint density at radius 2 is 1.48 bits per heavy atom. The van der Waals surface area contributed by atoms with Gasteiger partial charge in [0.2, 0.25) is 11.9 Å². The highest BCUT2D eigenvalue weighted by Gasteiger charge is 2.03. The average molecular weight is 334 g/mol. The summed E-state index contributed by atoms with van der Waals surface area (Å²) in [5.74, 6) is 0.869. The number of nitrogens with one attached hydrogen (secondary N) is 3. The smallest absolute Gasteiger partial charge is 0.249 e. The summed E-state index contributed by atoms with van der Waals surface area (Å²) in [6, 6.07) is 15.2. The predicted molar refractivity (Wildman–Crippen MR) is 98.3 cm³/mol. The SMILES string of the molecule is CC(=O)Nc1ccc(Nc2cnnc(Nc3ccc(C)cc3)n2)cc1. The molecule has 7 heteroatoms. The molecule has 0 radical (unpaired) electrons. The van der Waals surface area contributed by atoms with Gasteiger partial charge in [-0.15, -0.1) is 5.10 Å². The molecule has 126 valence electrons. The van der Waals surface area contributed by atoms with Crippen LogP contribution in [0, 0.1) is 6.92 Å². The summed E-state index contributed by atoms with van der Waals surface area (Å²) in [4.78, 5) is 15.4. The summed E-state index contributed by atoms with van der Waals surface area (Å²) in [7, 11) is 0. The van der Waals surface area contributed by atoms with E-state index in [4.69, 9.17) is 0 Å². The van der Waals surface area contributed by atoms with Crippen molar-refractivity contribution in [3.05, 3.63) is 60.3 Å². The van der Waals surface area contributed by atoms with Crippen LogP contribution in [0.1, 0.15) is 12.5 Å². The third kappa shape index (κ3) is 4.74. The van der Waals surface area contributed by atoms with Crippen LogP contribution < -0.4 is 16.0 Å². The minimum Gasteiger partial charge on any atom is -0.339 e. The average Bonchev–Trinajstić information content (AvgIpc) is 2.59. The maximum atomic E-state index is 11.0. The Bertz CT molecular complexity index is 861. The first kappa shape index (κ1) is 16.4. The highest BCUT2D eigenvalue weighted by atomic mass is 16.1. The molecule has 0 spiro atoms. The number of carbonyl (C=O) groups is 1. The van der Waals surface area contributed by atoms with Gasteiger partial charge in [-0.25, -0.2) is 0 Å². The molecule has 7 nitrogen and oxygen atoms in total. The van der Waals surface area contributed by atoms with Crippen LogP contribution in [0.2, 0.25) is 0 Å². The van der Waals surface area contributed by atoms with Gasteiger partial charge < -0.3 is 16.0 Å². The second kappa shape index (κ2) is 7.39. The zero-order chi connectivity index (χ0) is 17.6. The molecule has 3 N–H and O–H groups in total. The molecular formula is C18H18N6O. The molecule has 1 aromatic heterocycles. The number of rotatable bonds is 5. The Morgan fingerprint density at radius 3 is 2.16 bits per heavy atom. The van der Waals surface area contributed by atoms with Gasteiger partial charge in [0.25, 0.3) is 0 Å². The van der Waals surface area contributed by atoms with E-state index in [1.807, 2.05) is 55.5 Å². The van der Waals surface area contributed by atoms with Crippen molar-refractivity contribution in [1.29, 1.82) is 0 Å². The van der Waals surface area contributed by atoms with Crippen molar-refractivity contribution >= 4 is 34.7 Å². The van der Waals surface area contributed by atoms with Gasteiger partial charge in [0.05, 0.1) is 6.20 Å². The number of aromatic nitrogens is 3. The number of hydrogen-bond acceptors (Lipinski definition) is 6. The maximum absolute atomic E-state index is 11.0. The number of aryl methyl sites for hydroxylation is 1. The molecule has 0 unspecified atom stereocenters. The Kier molecular flexibility index (Phi) is 4.84. The zero-order valence-electron chi connectivity index (χ0n) is 13.9. The maximum Gasteiger partial charge on any atom is 0.249 e. The van der Waals surface area contributed by atoms with Gasteiger partial charge in [0, 0.05) is 24.0 Å². The van der Waals surface area contributed by atoms with E-state index in [2.05, 4.69) is 31.1 Å². The van der Waals surface area contributed by atoms with E-state index in [1.54, 1.807) is 6.20 Å². The summed E-state index contributed by atoms with van der Waals surface area (Å²) in [5.41, 5.74) is 3.64. The van der Waals surface area contributed by atoms with Crippen LogP contribution in [0.25, 0.3) is 0 Å². The topological polar surface area (TPSA) is 91.8 Å². The third-order valence-corrected chi connectivity index (χ3v) is 3.34. The summed E-state index contributed by atoms with van der Waals surface area (Å²) in [5, 5.41) is 16.9. The highest BCUT2D eigenvalue weighted by Crippen LogP contribution is 2.19. The van der Waals surface area contributed by atoms with Crippen molar-refractivity contribution in [3.8, 4) is 0 Å². The van der Waals surface area contributed by atoms with E-state index in [-0.39, 0.29) is 5.91 Å². The predicted octanol–water partition coefficient (Wildman–Crippen LogP) is 3.63. The van der Waals surface area contributed by atoms with Gasteiger partial charge >= 0.3 is 0 Å². The molecule has 1 amide bonds. The van der Waals surface area contributed by atoms with Crippen LogP contribution in [-0.2, 0) is 4.79 Å². The van der Waals surface area contributed by atoms with Crippen LogP contribution in [-0.4, -0.2) is 21.1 Å². The normalized spacial score (nSPS) is 10.2. The Labute approximate surface area is 145 Å². The van der Waals surface area contributed by atoms with Crippen LogP contribution in [0.5, 0.6) is 0 Å². The summed E-state index contributed by atoms with van der Waals surface area (Å²) in [6.45, 7) is 3.50. The summed E-state index contributed by atoms with van der Waals surface area (Å²) in [6.07, 6.45) is 1.54. The fourth-order valence-corrected chi connectivity index (χ4v) is 2.17. The second-order valence-corrected chi connectivity index (χ2v) is 5.54. The number of hydrogen-bond donors (Lipinski definition) is 3. The van der Waals surface area contributed by atoms with E-state index >= 15 is 0 Å². The molecule has 0 aliphatic carbocycles. The van der Waals surface area contributed by atoms with E-state index in [9.17, 15) is 4.79 Å². The standard InChI is InChI=1S/C18H18N6O/c1-12-3-5-16(6-4-12)22-18-23-17(11-19-24-18)21-15-9-7-14(8-10-15)20-13(2)25/h3-11H,1-2H3,(H,20,25)(H2,21,22,23,24). The van der Waals surface area contributed by atoms with Gasteiger partial charge in [-0.2, -0.15) is 10.1 Å². The third-order valence-electron chi connectivity index (χ3n) is 3.34. The van der Waals surface area contributed by atoms with Crippen LogP contribution in [0.4, 0.5) is 28.8 Å². The lowest BCUT2D eigenvalue weighted by Crippen LogP contribution is -2.05. The van der Waals surface area contributed by atoms with Crippen LogP contribution >= 0.6 is 0 Å². The van der Waals surface area contributed by atoms with Crippen molar-refractivity contribution in [2.75, 3.05) is 16.0 Å². The van der Waals surface area contributed by atoms with E-state index < -0.39 is 0 Å². The lowest BCUT2D eigenvalue weighted by molar-refractivity contribution is -0.114.